The van der Waals surface area contributed by atoms with Crippen molar-refractivity contribution >= 4 is 23.9 Å². The first-order valence-electron chi connectivity index (χ1n) is 5.89. The molecule has 0 atom stereocenters. The van der Waals surface area contributed by atoms with Gasteiger partial charge >= 0.3 is 110 Å². The predicted octanol–water partition coefficient (Wildman–Crippen LogP) is 2.64. The Morgan fingerprint density at radius 3 is 1.76 bits per heavy atom. The molecule has 0 nitrogen and oxygen atoms in total. The van der Waals surface area contributed by atoms with E-state index in [1.807, 2.05) is 0 Å². The molecule has 0 saturated heterocycles. The zero-order valence-corrected chi connectivity index (χ0v) is 12.3. The second kappa shape index (κ2) is 5.08. The first-order valence-corrected chi connectivity index (χ1v) is 7.60. The van der Waals surface area contributed by atoms with Crippen LogP contribution in [0.15, 0.2) is 54.6 Å². The van der Waals surface area contributed by atoms with Crippen molar-refractivity contribution in [2.45, 2.75) is 26.2 Å². The molecule has 0 bridgehead atoms. The Bertz CT molecular complexity index is 463. The molecule has 1 heteroatoms. The first kappa shape index (κ1) is 12.4. The number of benzene rings is 2. The van der Waals surface area contributed by atoms with Crippen LogP contribution in [0, 0.1) is 0 Å². The molecule has 0 saturated carbocycles. The van der Waals surface area contributed by atoms with Gasteiger partial charge in [-0.05, 0) is 0 Å². The van der Waals surface area contributed by atoms with Crippen LogP contribution < -0.4 is 8.92 Å². The van der Waals surface area contributed by atoms with E-state index >= 15 is 0 Å². The van der Waals surface area contributed by atoms with E-state index in [2.05, 4.69) is 75.4 Å². The molecule has 0 aromatic heterocycles. The fourth-order valence-electron chi connectivity index (χ4n) is 1.65. The van der Waals surface area contributed by atoms with Gasteiger partial charge in [-0.25, -0.2) is 0 Å². The van der Waals surface area contributed by atoms with Crippen LogP contribution >= 0.6 is 0 Å². The minimum atomic E-state index is 0.248. The first-order chi connectivity index (χ1) is 8.05. The normalized spacial score (nSPS) is 11.5. The van der Waals surface area contributed by atoms with Gasteiger partial charge < -0.3 is 0 Å². The fraction of sp³-hybridized carbons (Fsp3) is 0.250. The quantitative estimate of drug-likeness (QED) is 0.746. The predicted molar refractivity (Wildman–Crippen MR) is 76.6 cm³/mol. The van der Waals surface area contributed by atoms with Crippen molar-refractivity contribution in [3.63, 3.8) is 0 Å². The van der Waals surface area contributed by atoms with Crippen LogP contribution in [0.4, 0.5) is 0 Å². The third kappa shape index (κ3) is 3.46. The topological polar surface area (TPSA) is 0 Å². The van der Waals surface area contributed by atoms with E-state index in [1.54, 1.807) is 0 Å². The third-order valence-corrected chi connectivity index (χ3v) is 4.83. The van der Waals surface area contributed by atoms with Crippen LogP contribution in [0.2, 0.25) is 0 Å². The standard InChI is InChI=1S/C16H18Se/c1-16(2,3)13-9-11-15(12-10-13)17-14-7-5-4-6-8-14/h4-12H,1-3H3. The molecule has 0 amide bonds. The minimum absolute atomic E-state index is 0.248. The van der Waals surface area contributed by atoms with Crippen LogP contribution in [0.5, 0.6) is 0 Å². The van der Waals surface area contributed by atoms with E-state index in [9.17, 15) is 0 Å². The van der Waals surface area contributed by atoms with Crippen LogP contribution in [0.25, 0.3) is 0 Å². The monoisotopic (exact) mass is 290 g/mol. The summed E-state index contributed by atoms with van der Waals surface area (Å²) < 4.78 is 2.88. The summed E-state index contributed by atoms with van der Waals surface area (Å²) in [5.74, 6) is 0. The molecule has 88 valence electrons. The Hall–Kier alpha value is -1.04. The van der Waals surface area contributed by atoms with E-state index < -0.39 is 0 Å². The van der Waals surface area contributed by atoms with Crippen LogP contribution in [-0.4, -0.2) is 15.0 Å². The van der Waals surface area contributed by atoms with Crippen LogP contribution in [0.1, 0.15) is 26.3 Å². The van der Waals surface area contributed by atoms with Crippen molar-refractivity contribution < 1.29 is 0 Å². The van der Waals surface area contributed by atoms with Gasteiger partial charge in [-0.15, -0.1) is 0 Å². The molecular formula is C16H18Se. The van der Waals surface area contributed by atoms with E-state index in [0.717, 1.165) is 0 Å². The molecule has 0 aliphatic heterocycles. The van der Waals surface area contributed by atoms with E-state index in [0.29, 0.717) is 15.0 Å². The van der Waals surface area contributed by atoms with Crippen molar-refractivity contribution in [2.75, 3.05) is 0 Å². The van der Waals surface area contributed by atoms with E-state index in [1.165, 1.54) is 14.5 Å². The molecule has 0 N–H and O–H groups in total. The second-order valence-corrected chi connectivity index (χ2v) is 7.60. The molecule has 2 aromatic rings. The molecule has 2 aromatic carbocycles. The average molecular weight is 289 g/mol. The summed E-state index contributed by atoms with van der Waals surface area (Å²) in [5, 5.41) is 0. The van der Waals surface area contributed by atoms with Gasteiger partial charge in [0, 0.05) is 0 Å². The molecular weight excluding hydrogens is 271 g/mol. The summed E-state index contributed by atoms with van der Waals surface area (Å²) >= 11 is 0.428. The Morgan fingerprint density at radius 1 is 0.706 bits per heavy atom. The average Bonchev–Trinajstić information content (AvgIpc) is 2.30. The zero-order valence-electron chi connectivity index (χ0n) is 10.6. The van der Waals surface area contributed by atoms with Gasteiger partial charge in [0.25, 0.3) is 0 Å². The van der Waals surface area contributed by atoms with Crippen LogP contribution in [0.3, 0.4) is 0 Å². The molecule has 17 heavy (non-hydrogen) atoms. The van der Waals surface area contributed by atoms with E-state index in [4.69, 9.17) is 0 Å². The summed E-state index contributed by atoms with van der Waals surface area (Å²) in [7, 11) is 0. The van der Waals surface area contributed by atoms with E-state index in [-0.39, 0.29) is 5.41 Å². The number of hydrogen-bond acceptors (Lipinski definition) is 0. The molecule has 0 fully saturated rings. The van der Waals surface area contributed by atoms with Crippen LogP contribution in [-0.2, 0) is 5.41 Å². The summed E-state index contributed by atoms with van der Waals surface area (Å²) in [6, 6.07) is 19.8. The number of rotatable bonds is 2. The molecule has 0 aliphatic carbocycles. The maximum atomic E-state index is 2.27. The van der Waals surface area contributed by atoms with Crippen molar-refractivity contribution in [2.24, 2.45) is 0 Å². The summed E-state index contributed by atoms with van der Waals surface area (Å²) in [6.07, 6.45) is 0. The molecule has 0 heterocycles. The fourth-order valence-corrected chi connectivity index (χ4v) is 3.40. The third-order valence-electron chi connectivity index (χ3n) is 2.70. The van der Waals surface area contributed by atoms with Gasteiger partial charge in [0.1, 0.15) is 0 Å². The van der Waals surface area contributed by atoms with Crippen molar-refractivity contribution in [3.8, 4) is 0 Å². The molecule has 0 radical (unpaired) electrons. The summed E-state index contributed by atoms with van der Waals surface area (Å²) in [6.45, 7) is 6.76. The molecule has 0 spiro atoms. The van der Waals surface area contributed by atoms with Gasteiger partial charge in [-0.1, -0.05) is 0 Å². The van der Waals surface area contributed by atoms with Crippen molar-refractivity contribution in [3.05, 3.63) is 60.2 Å². The Labute approximate surface area is 110 Å². The Kier molecular flexibility index (Phi) is 3.71. The molecule has 0 unspecified atom stereocenters. The van der Waals surface area contributed by atoms with Crippen molar-refractivity contribution in [1.82, 2.24) is 0 Å². The summed E-state index contributed by atoms with van der Waals surface area (Å²) in [4.78, 5) is 0. The Balaban J connectivity index is 2.14. The zero-order chi connectivity index (χ0) is 12.3. The number of hydrogen-bond donors (Lipinski definition) is 0. The van der Waals surface area contributed by atoms with Gasteiger partial charge in [-0.2, -0.15) is 0 Å². The van der Waals surface area contributed by atoms with Gasteiger partial charge in [-0.3, -0.25) is 0 Å². The maximum absolute atomic E-state index is 2.27. The van der Waals surface area contributed by atoms with Crippen molar-refractivity contribution in [1.29, 1.82) is 0 Å². The second-order valence-electron chi connectivity index (χ2n) is 5.19. The van der Waals surface area contributed by atoms with Gasteiger partial charge in [0.2, 0.25) is 0 Å². The van der Waals surface area contributed by atoms with Gasteiger partial charge in [0.15, 0.2) is 0 Å². The molecule has 0 aliphatic rings. The van der Waals surface area contributed by atoms with Gasteiger partial charge in [0.05, 0.1) is 0 Å². The molecule has 2 rings (SSSR count). The SMILES string of the molecule is CC(C)(C)c1ccc([Se]c2ccccc2)cc1. The summed E-state index contributed by atoms with van der Waals surface area (Å²) in [5.41, 5.74) is 1.66. The Morgan fingerprint density at radius 2 is 1.24 bits per heavy atom.